The van der Waals surface area contributed by atoms with Crippen molar-refractivity contribution >= 4 is 37.3 Å². The molecule has 2 aromatic carbocycles. The Labute approximate surface area is 165 Å². The van der Waals surface area contributed by atoms with Crippen molar-refractivity contribution in [2.75, 3.05) is 12.5 Å². The van der Waals surface area contributed by atoms with E-state index in [1.54, 1.807) is 19.1 Å². The molecule has 0 unspecified atom stereocenters. The average Bonchev–Trinajstić information content (AvgIpc) is 3.25. The van der Waals surface area contributed by atoms with E-state index < -0.39 is 9.84 Å². The van der Waals surface area contributed by atoms with Crippen LogP contribution in [0.3, 0.4) is 0 Å². The summed E-state index contributed by atoms with van der Waals surface area (Å²) >= 11 is 1.40. The highest BCUT2D eigenvalue weighted by atomic mass is 32.2. The molecule has 146 valence electrons. The molecular weight excluding hydrogens is 400 g/mol. The molecule has 1 aliphatic rings. The second-order valence-corrected chi connectivity index (χ2v) is 9.63. The minimum absolute atomic E-state index is 0.0442. The molecule has 1 aliphatic heterocycles. The van der Waals surface area contributed by atoms with Crippen molar-refractivity contribution in [1.29, 1.82) is 0 Å². The predicted molar refractivity (Wildman–Crippen MR) is 105 cm³/mol. The van der Waals surface area contributed by atoms with Crippen LogP contribution in [0.15, 0.2) is 46.3 Å². The lowest BCUT2D eigenvalue weighted by molar-refractivity contribution is -0.117. The Kier molecular flexibility index (Phi) is 4.72. The Balaban J connectivity index is 1.59. The smallest absolute Gasteiger partial charge is 0.252 e. The van der Waals surface area contributed by atoms with Gasteiger partial charge in [0.15, 0.2) is 26.1 Å². The third-order valence-electron chi connectivity index (χ3n) is 4.54. The van der Waals surface area contributed by atoms with Crippen LogP contribution in [0.1, 0.15) is 12.5 Å². The lowest BCUT2D eigenvalue weighted by Gasteiger charge is -2.02. The van der Waals surface area contributed by atoms with Gasteiger partial charge in [0.1, 0.15) is 0 Å². The molecule has 0 fully saturated rings. The Morgan fingerprint density at radius 1 is 1.18 bits per heavy atom. The molecule has 0 N–H and O–H groups in total. The molecule has 0 saturated heterocycles. The summed E-state index contributed by atoms with van der Waals surface area (Å²) in [4.78, 5) is 17.5. The summed E-state index contributed by atoms with van der Waals surface area (Å²) in [5.41, 5.74) is 1.63. The Morgan fingerprint density at radius 2 is 1.86 bits per heavy atom. The first-order chi connectivity index (χ1) is 13.4. The van der Waals surface area contributed by atoms with E-state index >= 15 is 0 Å². The van der Waals surface area contributed by atoms with Crippen molar-refractivity contribution in [3.63, 3.8) is 0 Å². The van der Waals surface area contributed by atoms with E-state index in [4.69, 9.17) is 9.47 Å². The summed E-state index contributed by atoms with van der Waals surface area (Å²) in [6, 6.07) is 10.1. The number of carbonyl (C=O) groups excluding carboxylic acids is 1. The van der Waals surface area contributed by atoms with Gasteiger partial charge in [0.2, 0.25) is 6.79 Å². The number of amides is 1. The maximum Gasteiger partial charge on any atom is 0.252 e. The summed E-state index contributed by atoms with van der Waals surface area (Å²) < 4.78 is 37.3. The number of aromatic nitrogens is 1. The van der Waals surface area contributed by atoms with E-state index in [0.29, 0.717) is 21.9 Å². The highest BCUT2D eigenvalue weighted by molar-refractivity contribution is 7.91. The molecule has 3 aromatic rings. The molecule has 7 nitrogen and oxygen atoms in total. The molecule has 0 spiro atoms. The van der Waals surface area contributed by atoms with E-state index in [1.165, 1.54) is 23.5 Å². The van der Waals surface area contributed by atoms with Gasteiger partial charge in [-0.15, -0.1) is 0 Å². The number of sulfone groups is 1. The SMILES string of the molecule is CCS(=O)(=O)c1ccc(CC(=O)N=c2sc3cc4c(cc3n2C)OCO4)cc1. The highest BCUT2D eigenvalue weighted by Crippen LogP contribution is 2.36. The second kappa shape index (κ2) is 7.06. The molecular formula is C19H18N2O5S2. The zero-order valence-corrected chi connectivity index (χ0v) is 17.0. The van der Waals surface area contributed by atoms with Gasteiger partial charge in [0.25, 0.3) is 5.91 Å². The average molecular weight is 418 g/mol. The number of hydrogen-bond donors (Lipinski definition) is 0. The molecule has 0 aliphatic carbocycles. The fourth-order valence-corrected chi connectivity index (χ4v) is 4.86. The van der Waals surface area contributed by atoms with Crippen LogP contribution in [0.2, 0.25) is 0 Å². The Morgan fingerprint density at radius 3 is 2.54 bits per heavy atom. The van der Waals surface area contributed by atoms with E-state index in [0.717, 1.165) is 10.2 Å². The monoisotopic (exact) mass is 418 g/mol. The number of thiazole rings is 1. The summed E-state index contributed by atoms with van der Waals surface area (Å²) in [5.74, 6) is 1.12. The molecule has 1 aromatic heterocycles. The van der Waals surface area contributed by atoms with Crippen LogP contribution in [0.4, 0.5) is 0 Å². The van der Waals surface area contributed by atoms with Gasteiger partial charge in [-0.2, -0.15) is 4.99 Å². The first kappa shape index (κ1) is 18.7. The summed E-state index contributed by atoms with van der Waals surface area (Å²) in [6.45, 7) is 1.81. The maximum absolute atomic E-state index is 12.4. The number of aryl methyl sites for hydroxylation is 1. The molecule has 9 heteroatoms. The topological polar surface area (TPSA) is 87.0 Å². The van der Waals surface area contributed by atoms with Gasteiger partial charge in [-0.1, -0.05) is 30.4 Å². The minimum atomic E-state index is -3.25. The highest BCUT2D eigenvalue weighted by Gasteiger charge is 2.17. The van der Waals surface area contributed by atoms with Crippen molar-refractivity contribution in [2.45, 2.75) is 18.2 Å². The number of rotatable bonds is 4. The quantitative estimate of drug-likeness (QED) is 0.649. The number of benzene rings is 2. The summed E-state index contributed by atoms with van der Waals surface area (Å²) in [5, 5.41) is 0. The van der Waals surface area contributed by atoms with E-state index in [1.807, 2.05) is 23.7 Å². The molecule has 0 bridgehead atoms. The first-order valence-corrected chi connectivity index (χ1v) is 11.1. The second-order valence-electron chi connectivity index (χ2n) is 6.35. The third-order valence-corrected chi connectivity index (χ3v) is 7.39. The first-order valence-electron chi connectivity index (χ1n) is 8.66. The normalized spacial score (nSPS) is 14.0. The van der Waals surface area contributed by atoms with Crippen LogP contribution in [-0.4, -0.2) is 31.4 Å². The summed E-state index contributed by atoms with van der Waals surface area (Å²) in [7, 11) is -1.40. The predicted octanol–water partition coefficient (Wildman–Crippen LogP) is 2.43. The molecule has 1 amide bonds. The Bertz CT molecular complexity index is 1240. The zero-order valence-electron chi connectivity index (χ0n) is 15.3. The minimum Gasteiger partial charge on any atom is -0.454 e. The van der Waals surface area contributed by atoms with Crippen molar-refractivity contribution in [3.05, 3.63) is 46.8 Å². The van der Waals surface area contributed by atoms with Crippen LogP contribution < -0.4 is 14.3 Å². The van der Waals surface area contributed by atoms with Crippen LogP contribution in [0, 0.1) is 0 Å². The van der Waals surface area contributed by atoms with Crippen LogP contribution in [0.5, 0.6) is 11.5 Å². The molecule has 0 radical (unpaired) electrons. The van der Waals surface area contributed by atoms with Gasteiger partial charge in [-0.05, 0) is 17.7 Å². The largest absolute Gasteiger partial charge is 0.454 e. The number of hydrogen-bond acceptors (Lipinski definition) is 6. The van der Waals surface area contributed by atoms with E-state index in [9.17, 15) is 13.2 Å². The van der Waals surface area contributed by atoms with E-state index in [-0.39, 0.29) is 29.8 Å². The molecule has 0 atom stereocenters. The lowest BCUT2D eigenvalue weighted by atomic mass is 10.1. The molecule has 4 rings (SSSR count). The summed E-state index contributed by atoms with van der Waals surface area (Å²) in [6.07, 6.45) is 0.101. The fourth-order valence-electron chi connectivity index (χ4n) is 2.93. The van der Waals surface area contributed by atoms with Gasteiger partial charge in [0, 0.05) is 19.2 Å². The standard InChI is InChI=1S/C19H18N2O5S2/c1-3-28(23,24)13-6-4-12(5-7-13)8-18(22)20-19-21(2)14-9-15-16(26-11-25-15)10-17(14)27-19/h4-7,9-10H,3,8,11H2,1-2H3. The molecule has 0 saturated carbocycles. The van der Waals surface area contributed by atoms with E-state index in [2.05, 4.69) is 4.99 Å². The number of carbonyl (C=O) groups is 1. The molecule has 2 heterocycles. The lowest BCUT2D eigenvalue weighted by Crippen LogP contribution is -2.14. The Hall–Kier alpha value is -2.65. The van der Waals surface area contributed by atoms with Crippen molar-refractivity contribution in [2.24, 2.45) is 12.0 Å². The van der Waals surface area contributed by atoms with Gasteiger partial charge in [-0.25, -0.2) is 8.42 Å². The maximum atomic E-state index is 12.4. The van der Waals surface area contributed by atoms with Crippen LogP contribution in [-0.2, 0) is 28.1 Å². The zero-order chi connectivity index (χ0) is 19.9. The number of ether oxygens (including phenoxy) is 2. The van der Waals surface area contributed by atoms with Crippen molar-refractivity contribution in [3.8, 4) is 11.5 Å². The van der Waals surface area contributed by atoms with Crippen molar-refractivity contribution < 1.29 is 22.7 Å². The van der Waals surface area contributed by atoms with Gasteiger partial charge >= 0.3 is 0 Å². The van der Waals surface area contributed by atoms with Crippen LogP contribution in [0.25, 0.3) is 10.2 Å². The van der Waals surface area contributed by atoms with Gasteiger partial charge in [0.05, 0.1) is 27.3 Å². The molecule has 28 heavy (non-hydrogen) atoms. The third kappa shape index (κ3) is 3.43. The fraction of sp³-hybridized carbons (Fsp3) is 0.263. The number of nitrogens with zero attached hydrogens (tertiary/aromatic N) is 2. The van der Waals surface area contributed by atoms with Gasteiger partial charge in [-0.3, -0.25) is 4.79 Å². The number of fused-ring (bicyclic) bond motifs is 2. The van der Waals surface area contributed by atoms with Crippen LogP contribution >= 0.6 is 11.3 Å². The van der Waals surface area contributed by atoms with Crippen molar-refractivity contribution in [1.82, 2.24) is 4.57 Å². The van der Waals surface area contributed by atoms with Gasteiger partial charge < -0.3 is 14.0 Å².